The van der Waals surface area contributed by atoms with Crippen LogP contribution in [0.1, 0.15) is 59.3 Å². The molecule has 1 saturated heterocycles. The third-order valence-electron chi connectivity index (χ3n) is 4.82. The van der Waals surface area contributed by atoms with Crippen LogP contribution < -0.4 is 5.32 Å². The van der Waals surface area contributed by atoms with Crippen molar-refractivity contribution < 1.29 is 0 Å². The lowest BCUT2D eigenvalue weighted by Gasteiger charge is -2.47. The second kappa shape index (κ2) is 6.19. The van der Waals surface area contributed by atoms with Gasteiger partial charge in [0.2, 0.25) is 0 Å². The molecular formula is C15H30N2. The molecule has 0 aromatic rings. The van der Waals surface area contributed by atoms with Gasteiger partial charge in [0.1, 0.15) is 0 Å². The van der Waals surface area contributed by atoms with Gasteiger partial charge in [0, 0.05) is 31.2 Å². The standard InChI is InChI=1S/C15H30N2/c1-4-14-11-17(12(2)3)15(10-16-14)13-8-6-5-7-9-13/h12-16H,4-11H2,1-3H3. The molecule has 0 spiro atoms. The van der Waals surface area contributed by atoms with E-state index in [1.165, 1.54) is 51.6 Å². The first-order chi connectivity index (χ1) is 8.22. The summed E-state index contributed by atoms with van der Waals surface area (Å²) in [6.45, 7) is 9.52. The van der Waals surface area contributed by atoms with E-state index in [1.54, 1.807) is 0 Å². The minimum absolute atomic E-state index is 0.707. The summed E-state index contributed by atoms with van der Waals surface area (Å²) in [4.78, 5) is 2.78. The van der Waals surface area contributed by atoms with Crippen molar-refractivity contribution in [3.8, 4) is 0 Å². The molecule has 2 aliphatic rings. The Morgan fingerprint density at radius 2 is 1.88 bits per heavy atom. The van der Waals surface area contributed by atoms with Gasteiger partial charge in [-0.25, -0.2) is 0 Å². The van der Waals surface area contributed by atoms with Gasteiger partial charge in [0.05, 0.1) is 0 Å². The molecule has 1 aliphatic heterocycles. The summed E-state index contributed by atoms with van der Waals surface area (Å²) < 4.78 is 0. The van der Waals surface area contributed by atoms with Gasteiger partial charge in [0.25, 0.3) is 0 Å². The molecular weight excluding hydrogens is 208 g/mol. The monoisotopic (exact) mass is 238 g/mol. The predicted octanol–water partition coefficient (Wildman–Crippen LogP) is 3.03. The van der Waals surface area contributed by atoms with Crippen LogP contribution in [0.15, 0.2) is 0 Å². The van der Waals surface area contributed by atoms with Crippen LogP contribution in [-0.2, 0) is 0 Å². The van der Waals surface area contributed by atoms with Gasteiger partial charge < -0.3 is 5.32 Å². The molecule has 0 radical (unpaired) electrons. The normalized spacial score (nSPS) is 33.2. The highest BCUT2D eigenvalue weighted by Gasteiger charge is 2.34. The number of hydrogen-bond donors (Lipinski definition) is 1. The molecule has 0 bridgehead atoms. The van der Waals surface area contributed by atoms with Crippen molar-refractivity contribution in [2.45, 2.75) is 77.4 Å². The summed E-state index contributed by atoms with van der Waals surface area (Å²) in [6.07, 6.45) is 8.59. The molecule has 2 rings (SSSR count). The molecule has 1 N–H and O–H groups in total. The summed E-state index contributed by atoms with van der Waals surface area (Å²) in [7, 11) is 0. The Labute approximate surface area is 107 Å². The summed E-state index contributed by atoms with van der Waals surface area (Å²) >= 11 is 0. The van der Waals surface area contributed by atoms with Crippen LogP contribution in [0.4, 0.5) is 0 Å². The average Bonchev–Trinajstić information content (AvgIpc) is 2.39. The fourth-order valence-corrected chi connectivity index (χ4v) is 3.68. The molecule has 1 aliphatic carbocycles. The van der Waals surface area contributed by atoms with E-state index in [0.717, 1.165) is 18.0 Å². The minimum Gasteiger partial charge on any atom is -0.311 e. The summed E-state index contributed by atoms with van der Waals surface area (Å²) in [5.41, 5.74) is 0. The number of rotatable bonds is 3. The largest absolute Gasteiger partial charge is 0.311 e. The van der Waals surface area contributed by atoms with Crippen LogP contribution in [-0.4, -0.2) is 36.1 Å². The van der Waals surface area contributed by atoms with Crippen molar-refractivity contribution in [3.63, 3.8) is 0 Å². The highest BCUT2D eigenvalue weighted by molar-refractivity contribution is 4.91. The van der Waals surface area contributed by atoms with Crippen molar-refractivity contribution in [1.82, 2.24) is 10.2 Å². The Balaban J connectivity index is 1.98. The molecule has 1 saturated carbocycles. The molecule has 0 aromatic carbocycles. The molecule has 2 heteroatoms. The molecule has 0 amide bonds. The van der Waals surface area contributed by atoms with Crippen molar-refractivity contribution in [3.05, 3.63) is 0 Å². The molecule has 2 unspecified atom stereocenters. The number of nitrogens with zero attached hydrogens (tertiary/aromatic N) is 1. The Morgan fingerprint density at radius 1 is 1.18 bits per heavy atom. The second-order valence-electron chi connectivity index (χ2n) is 6.27. The van der Waals surface area contributed by atoms with Crippen LogP contribution in [0.25, 0.3) is 0 Å². The summed E-state index contributed by atoms with van der Waals surface area (Å²) in [5, 5.41) is 3.76. The van der Waals surface area contributed by atoms with Gasteiger partial charge in [0.15, 0.2) is 0 Å². The van der Waals surface area contributed by atoms with Crippen LogP contribution in [0.5, 0.6) is 0 Å². The molecule has 2 fully saturated rings. The maximum Gasteiger partial charge on any atom is 0.0252 e. The Kier molecular flexibility index (Phi) is 4.87. The van der Waals surface area contributed by atoms with Gasteiger partial charge in [-0.15, -0.1) is 0 Å². The first kappa shape index (κ1) is 13.4. The van der Waals surface area contributed by atoms with Crippen molar-refractivity contribution in [2.75, 3.05) is 13.1 Å². The van der Waals surface area contributed by atoms with Gasteiger partial charge in [-0.1, -0.05) is 26.2 Å². The third-order valence-corrected chi connectivity index (χ3v) is 4.82. The van der Waals surface area contributed by atoms with Crippen LogP contribution >= 0.6 is 0 Å². The second-order valence-corrected chi connectivity index (χ2v) is 6.27. The lowest BCUT2D eigenvalue weighted by molar-refractivity contribution is 0.0462. The zero-order valence-electron chi connectivity index (χ0n) is 11.9. The smallest absolute Gasteiger partial charge is 0.0252 e. The fourth-order valence-electron chi connectivity index (χ4n) is 3.68. The number of nitrogens with one attached hydrogen (secondary N) is 1. The summed E-state index contributed by atoms with van der Waals surface area (Å²) in [5.74, 6) is 0.955. The lowest BCUT2D eigenvalue weighted by atomic mass is 9.81. The molecule has 2 atom stereocenters. The van der Waals surface area contributed by atoms with E-state index in [2.05, 4.69) is 31.0 Å². The van der Waals surface area contributed by atoms with Gasteiger partial charge in [-0.05, 0) is 39.0 Å². The van der Waals surface area contributed by atoms with Gasteiger partial charge >= 0.3 is 0 Å². The van der Waals surface area contributed by atoms with E-state index in [9.17, 15) is 0 Å². The number of piperazine rings is 1. The van der Waals surface area contributed by atoms with E-state index in [1.807, 2.05) is 0 Å². The third kappa shape index (κ3) is 3.23. The summed E-state index contributed by atoms with van der Waals surface area (Å²) in [6, 6.07) is 2.23. The quantitative estimate of drug-likeness (QED) is 0.813. The maximum atomic E-state index is 3.76. The molecule has 1 heterocycles. The van der Waals surface area contributed by atoms with E-state index in [4.69, 9.17) is 0 Å². The Bertz CT molecular complexity index is 221. The van der Waals surface area contributed by atoms with E-state index >= 15 is 0 Å². The lowest BCUT2D eigenvalue weighted by Crippen LogP contribution is -2.60. The van der Waals surface area contributed by atoms with Crippen molar-refractivity contribution in [2.24, 2.45) is 5.92 Å². The van der Waals surface area contributed by atoms with Crippen LogP contribution in [0.3, 0.4) is 0 Å². The van der Waals surface area contributed by atoms with E-state index in [-0.39, 0.29) is 0 Å². The van der Waals surface area contributed by atoms with Crippen LogP contribution in [0, 0.1) is 5.92 Å². The predicted molar refractivity (Wildman–Crippen MR) is 74.3 cm³/mol. The van der Waals surface area contributed by atoms with E-state index < -0.39 is 0 Å². The van der Waals surface area contributed by atoms with E-state index in [0.29, 0.717) is 6.04 Å². The Hall–Kier alpha value is -0.0800. The first-order valence-electron chi connectivity index (χ1n) is 7.71. The average molecular weight is 238 g/mol. The topological polar surface area (TPSA) is 15.3 Å². The van der Waals surface area contributed by atoms with Crippen LogP contribution in [0.2, 0.25) is 0 Å². The van der Waals surface area contributed by atoms with Crippen molar-refractivity contribution in [1.29, 1.82) is 0 Å². The SMILES string of the molecule is CCC1CN(C(C)C)C(C2CCCCC2)CN1. The maximum absolute atomic E-state index is 3.76. The highest BCUT2D eigenvalue weighted by Crippen LogP contribution is 2.31. The number of hydrogen-bond acceptors (Lipinski definition) is 2. The van der Waals surface area contributed by atoms with Gasteiger partial charge in [-0.3, -0.25) is 4.90 Å². The fraction of sp³-hybridized carbons (Fsp3) is 1.00. The highest BCUT2D eigenvalue weighted by atomic mass is 15.3. The Morgan fingerprint density at radius 3 is 2.47 bits per heavy atom. The zero-order valence-corrected chi connectivity index (χ0v) is 11.9. The minimum atomic E-state index is 0.707. The van der Waals surface area contributed by atoms with Crippen molar-refractivity contribution >= 4 is 0 Å². The molecule has 2 nitrogen and oxygen atoms in total. The first-order valence-corrected chi connectivity index (χ1v) is 7.71. The molecule has 17 heavy (non-hydrogen) atoms. The van der Waals surface area contributed by atoms with Gasteiger partial charge in [-0.2, -0.15) is 0 Å². The zero-order chi connectivity index (χ0) is 12.3. The molecule has 0 aromatic heterocycles. The molecule has 100 valence electrons.